The Kier molecular flexibility index (Phi) is 4.59. The molecule has 0 aliphatic carbocycles. The van der Waals surface area contributed by atoms with Crippen LogP contribution in [0.4, 0.5) is 0 Å². The van der Waals surface area contributed by atoms with E-state index in [4.69, 9.17) is 15.2 Å². The van der Waals surface area contributed by atoms with Crippen LogP contribution in [-0.2, 0) is 9.84 Å². The number of hydrogen-bond donors (Lipinski definition) is 1. The quantitative estimate of drug-likeness (QED) is 0.871. The Bertz CT molecular complexity index is 525. The molecule has 1 aromatic rings. The van der Waals surface area contributed by atoms with Crippen LogP contribution >= 0.6 is 0 Å². The third-order valence-corrected chi connectivity index (χ3v) is 3.88. The minimum atomic E-state index is -3.39. The summed E-state index contributed by atoms with van der Waals surface area (Å²) in [7, 11) is -0.450. The second kappa shape index (κ2) is 5.58. The van der Waals surface area contributed by atoms with Gasteiger partial charge in [-0.3, -0.25) is 0 Å². The monoisotopic (exact) mass is 273 g/mol. The molecule has 0 bridgehead atoms. The molecule has 1 aromatic carbocycles. The molecule has 5 nitrogen and oxygen atoms in total. The van der Waals surface area contributed by atoms with E-state index in [0.29, 0.717) is 18.0 Å². The van der Waals surface area contributed by atoms with Gasteiger partial charge in [0.25, 0.3) is 0 Å². The van der Waals surface area contributed by atoms with Crippen LogP contribution in [0.3, 0.4) is 0 Å². The highest BCUT2D eigenvalue weighted by molar-refractivity contribution is 7.90. The number of ether oxygens (including phenoxy) is 2. The van der Waals surface area contributed by atoms with Crippen molar-refractivity contribution in [3.8, 4) is 11.5 Å². The number of hydrogen-bond acceptors (Lipinski definition) is 5. The van der Waals surface area contributed by atoms with E-state index >= 15 is 0 Å². The fourth-order valence-electron chi connectivity index (χ4n) is 1.70. The van der Waals surface area contributed by atoms with Crippen molar-refractivity contribution in [2.45, 2.75) is 17.7 Å². The summed E-state index contributed by atoms with van der Waals surface area (Å²) in [6, 6.07) is 3.21. The molecule has 0 saturated carbocycles. The van der Waals surface area contributed by atoms with Gasteiger partial charge in [-0.15, -0.1) is 0 Å². The molecule has 18 heavy (non-hydrogen) atoms. The number of methoxy groups -OCH3 is 2. The van der Waals surface area contributed by atoms with Gasteiger partial charge in [-0.2, -0.15) is 0 Å². The maximum absolute atomic E-state index is 11.8. The van der Waals surface area contributed by atoms with Gasteiger partial charge in [0.2, 0.25) is 0 Å². The molecule has 0 aliphatic rings. The predicted octanol–water partition coefficient (Wildman–Crippen LogP) is 1.17. The summed E-state index contributed by atoms with van der Waals surface area (Å²) in [4.78, 5) is 0.125. The van der Waals surface area contributed by atoms with Gasteiger partial charge in [-0.1, -0.05) is 6.92 Å². The first-order valence-electron chi connectivity index (χ1n) is 5.51. The Balaban J connectivity index is 3.60. The fourth-order valence-corrected chi connectivity index (χ4v) is 2.57. The highest BCUT2D eigenvalue weighted by atomic mass is 32.2. The molecule has 1 atom stereocenters. The number of benzene rings is 1. The highest BCUT2D eigenvalue weighted by Crippen LogP contribution is 2.36. The van der Waals surface area contributed by atoms with Crippen molar-refractivity contribution in [2.75, 3.05) is 27.0 Å². The van der Waals surface area contributed by atoms with Crippen LogP contribution in [0.1, 0.15) is 18.4 Å². The van der Waals surface area contributed by atoms with Crippen molar-refractivity contribution in [1.82, 2.24) is 0 Å². The molecular formula is C12H19NO4S. The van der Waals surface area contributed by atoms with E-state index in [1.165, 1.54) is 20.3 Å². The molecule has 0 spiro atoms. The Labute approximate surface area is 108 Å². The molecule has 0 aliphatic heterocycles. The average Bonchev–Trinajstić information content (AvgIpc) is 2.34. The molecular weight excluding hydrogens is 254 g/mol. The van der Waals surface area contributed by atoms with Crippen molar-refractivity contribution >= 4 is 9.84 Å². The Hall–Kier alpha value is -1.27. The minimum Gasteiger partial charge on any atom is -0.497 e. The molecule has 102 valence electrons. The van der Waals surface area contributed by atoms with Gasteiger partial charge < -0.3 is 15.2 Å². The van der Waals surface area contributed by atoms with Gasteiger partial charge in [-0.05, 0) is 18.5 Å². The summed E-state index contributed by atoms with van der Waals surface area (Å²) in [5, 5.41) is 0. The van der Waals surface area contributed by atoms with Crippen molar-refractivity contribution in [3.05, 3.63) is 17.7 Å². The Morgan fingerprint density at radius 1 is 1.28 bits per heavy atom. The maximum atomic E-state index is 11.8. The smallest absolute Gasteiger partial charge is 0.179 e. The Morgan fingerprint density at radius 2 is 1.89 bits per heavy atom. The van der Waals surface area contributed by atoms with Crippen molar-refractivity contribution in [2.24, 2.45) is 5.73 Å². The summed E-state index contributed by atoms with van der Waals surface area (Å²) in [5.41, 5.74) is 6.37. The van der Waals surface area contributed by atoms with E-state index in [1.807, 2.05) is 6.92 Å². The summed E-state index contributed by atoms with van der Waals surface area (Å²) >= 11 is 0. The van der Waals surface area contributed by atoms with E-state index in [1.54, 1.807) is 6.07 Å². The first kappa shape index (κ1) is 14.8. The summed E-state index contributed by atoms with van der Waals surface area (Å²) in [6.07, 6.45) is 1.14. The third kappa shape index (κ3) is 2.94. The first-order valence-corrected chi connectivity index (χ1v) is 7.40. The van der Waals surface area contributed by atoms with Crippen LogP contribution in [0, 0.1) is 0 Å². The fraction of sp³-hybridized carbons (Fsp3) is 0.500. The number of nitrogens with two attached hydrogens (primary N) is 1. The van der Waals surface area contributed by atoms with Gasteiger partial charge in [0.1, 0.15) is 16.4 Å². The van der Waals surface area contributed by atoms with E-state index in [9.17, 15) is 8.42 Å². The standard InChI is InChI=1S/C12H19NO4S/c1-8(7-13)10-5-9(16-2)6-11(12(10)17-3)18(4,14)15/h5-6,8H,7,13H2,1-4H3. The summed E-state index contributed by atoms with van der Waals surface area (Å²) in [6.45, 7) is 2.30. The van der Waals surface area contributed by atoms with Crippen LogP contribution in [0.15, 0.2) is 17.0 Å². The van der Waals surface area contributed by atoms with Gasteiger partial charge in [0, 0.05) is 17.9 Å². The lowest BCUT2D eigenvalue weighted by atomic mass is 10.00. The van der Waals surface area contributed by atoms with Gasteiger partial charge in [0.05, 0.1) is 14.2 Å². The SMILES string of the molecule is COc1cc(C(C)CN)c(OC)c(S(C)(=O)=O)c1. The van der Waals surface area contributed by atoms with Crippen molar-refractivity contribution in [3.63, 3.8) is 0 Å². The maximum Gasteiger partial charge on any atom is 0.179 e. The Morgan fingerprint density at radius 3 is 2.28 bits per heavy atom. The molecule has 0 aromatic heterocycles. The summed E-state index contributed by atoms with van der Waals surface area (Å²) in [5.74, 6) is 0.804. The summed E-state index contributed by atoms with van der Waals surface area (Å²) < 4.78 is 33.9. The van der Waals surface area contributed by atoms with Gasteiger partial charge in [-0.25, -0.2) is 8.42 Å². The second-order valence-corrected chi connectivity index (χ2v) is 6.14. The highest BCUT2D eigenvalue weighted by Gasteiger charge is 2.22. The minimum absolute atomic E-state index is 0.0180. The second-order valence-electron chi connectivity index (χ2n) is 4.16. The molecule has 6 heteroatoms. The molecule has 0 amide bonds. The first-order chi connectivity index (χ1) is 8.35. The predicted molar refractivity (Wildman–Crippen MR) is 70.1 cm³/mol. The molecule has 0 saturated heterocycles. The molecule has 1 rings (SSSR count). The zero-order valence-corrected chi connectivity index (χ0v) is 11.9. The van der Waals surface area contributed by atoms with Crippen LogP contribution in [-0.4, -0.2) is 35.4 Å². The van der Waals surface area contributed by atoms with Crippen molar-refractivity contribution in [1.29, 1.82) is 0 Å². The number of sulfone groups is 1. The van der Waals surface area contributed by atoms with Gasteiger partial charge >= 0.3 is 0 Å². The zero-order valence-electron chi connectivity index (χ0n) is 11.1. The zero-order chi connectivity index (χ0) is 13.9. The third-order valence-electron chi connectivity index (χ3n) is 2.78. The normalized spacial score (nSPS) is 13.2. The lowest BCUT2D eigenvalue weighted by molar-refractivity contribution is 0.384. The van der Waals surface area contributed by atoms with E-state index < -0.39 is 9.84 Å². The van der Waals surface area contributed by atoms with Crippen molar-refractivity contribution < 1.29 is 17.9 Å². The molecule has 2 N–H and O–H groups in total. The molecule has 0 radical (unpaired) electrons. The van der Waals surface area contributed by atoms with E-state index in [2.05, 4.69) is 0 Å². The average molecular weight is 273 g/mol. The largest absolute Gasteiger partial charge is 0.497 e. The van der Waals surface area contributed by atoms with Crippen LogP contribution in [0.2, 0.25) is 0 Å². The number of rotatable bonds is 5. The lowest BCUT2D eigenvalue weighted by Gasteiger charge is -2.18. The van der Waals surface area contributed by atoms with Crippen LogP contribution in [0.5, 0.6) is 11.5 Å². The topological polar surface area (TPSA) is 78.6 Å². The van der Waals surface area contributed by atoms with E-state index in [0.717, 1.165) is 11.8 Å². The molecule has 0 heterocycles. The van der Waals surface area contributed by atoms with Crippen LogP contribution < -0.4 is 15.2 Å². The van der Waals surface area contributed by atoms with Gasteiger partial charge in [0.15, 0.2) is 9.84 Å². The molecule has 0 fully saturated rings. The molecule has 1 unspecified atom stereocenters. The van der Waals surface area contributed by atoms with E-state index in [-0.39, 0.29) is 10.8 Å². The lowest BCUT2D eigenvalue weighted by Crippen LogP contribution is -2.12. The van der Waals surface area contributed by atoms with Crippen LogP contribution in [0.25, 0.3) is 0 Å².